The highest BCUT2D eigenvalue weighted by atomic mass is 14.8. The van der Waals surface area contributed by atoms with Crippen LogP contribution < -0.4 is 5.32 Å². The van der Waals surface area contributed by atoms with Crippen molar-refractivity contribution in [2.75, 3.05) is 13.6 Å². The standard InChI is InChI=1S/C17H33N/c1-5-7-15(3)17-10-9-16(8-6-11-18-4)12-14(2)13-17/h9,14-15,17-18H,5-8,10-13H2,1-4H3. The molecule has 1 aliphatic carbocycles. The lowest BCUT2D eigenvalue weighted by molar-refractivity contribution is 0.284. The van der Waals surface area contributed by atoms with E-state index < -0.39 is 0 Å². The van der Waals surface area contributed by atoms with Gasteiger partial charge < -0.3 is 5.32 Å². The fourth-order valence-corrected chi connectivity index (χ4v) is 3.40. The SMILES string of the molecule is CCCC(C)C1CC=C(CCCNC)CC(C)C1. The Labute approximate surface area is 114 Å². The molecule has 0 radical (unpaired) electrons. The van der Waals surface area contributed by atoms with Crippen molar-refractivity contribution in [3.63, 3.8) is 0 Å². The Balaban J connectivity index is 2.47. The van der Waals surface area contributed by atoms with E-state index in [1.54, 1.807) is 5.57 Å². The lowest BCUT2D eigenvalue weighted by Gasteiger charge is -2.23. The lowest BCUT2D eigenvalue weighted by Crippen LogP contribution is -2.13. The van der Waals surface area contributed by atoms with Crippen LogP contribution in [0.3, 0.4) is 0 Å². The topological polar surface area (TPSA) is 12.0 Å². The molecule has 1 rings (SSSR count). The monoisotopic (exact) mass is 251 g/mol. The van der Waals surface area contributed by atoms with Crippen molar-refractivity contribution in [3.8, 4) is 0 Å². The summed E-state index contributed by atoms with van der Waals surface area (Å²) in [5.74, 6) is 2.73. The summed E-state index contributed by atoms with van der Waals surface area (Å²) in [4.78, 5) is 0. The van der Waals surface area contributed by atoms with E-state index in [0.717, 1.165) is 24.3 Å². The van der Waals surface area contributed by atoms with E-state index in [9.17, 15) is 0 Å². The summed E-state index contributed by atoms with van der Waals surface area (Å²) in [6, 6.07) is 0. The summed E-state index contributed by atoms with van der Waals surface area (Å²) in [6.07, 6.45) is 12.0. The van der Waals surface area contributed by atoms with Crippen LogP contribution in [-0.2, 0) is 0 Å². The Hall–Kier alpha value is -0.300. The van der Waals surface area contributed by atoms with E-state index in [4.69, 9.17) is 0 Å². The minimum Gasteiger partial charge on any atom is -0.320 e. The molecule has 0 heterocycles. The van der Waals surface area contributed by atoms with Crippen LogP contribution in [-0.4, -0.2) is 13.6 Å². The molecular formula is C17H33N. The molecule has 1 N–H and O–H groups in total. The third-order valence-corrected chi connectivity index (χ3v) is 4.50. The van der Waals surface area contributed by atoms with Crippen LogP contribution in [0.5, 0.6) is 0 Å². The van der Waals surface area contributed by atoms with Gasteiger partial charge in [0.1, 0.15) is 0 Å². The third-order valence-electron chi connectivity index (χ3n) is 4.50. The third kappa shape index (κ3) is 5.56. The maximum Gasteiger partial charge on any atom is -0.00489 e. The largest absolute Gasteiger partial charge is 0.320 e. The fraction of sp³-hybridized carbons (Fsp3) is 0.882. The molecule has 0 saturated carbocycles. The Morgan fingerprint density at radius 2 is 2.22 bits per heavy atom. The van der Waals surface area contributed by atoms with Gasteiger partial charge in [0.05, 0.1) is 0 Å². The summed E-state index contributed by atoms with van der Waals surface area (Å²) in [6.45, 7) is 8.38. The zero-order chi connectivity index (χ0) is 13.4. The van der Waals surface area contributed by atoms with Crippen LogP contribution in [0.15, 0.2) is 11.6 Å². The predicted octanol–water partition coefficient (Wildman–Crippen LogP) is 4.78. The Morgan fingerprint density at radius 3 is 2.89 bits per heavy atom. The molecule has 1 heteroatoms. The molecule has 0 saturated heterocycles. The van der Waals surface area contributed by atoms with Gasteiger partial charge in [0, 0.05) is 0 Å². The number of hydrogen-bond donors (Lipinski definition) is 1. The normalized spacial score (nSPS) is 26.6. The molecule has 0 bridgehead atoms. The predicted molar refractivity (Wildman–Crippen MR) is 81.8 cm³/mol. The van der Waals surface area contributed by atoms with E-state index in [1.807, 2.05) is 7.05 Å². The average Bonchev–Trinajstić information content (AvgIpc) is 2.52. The molecule has 0 spiro atoms. The number of allylic oxidation sites excluding steroid dienone is 2. The first-order chi connectivity index (χ1) is 8.67. The molecule has 0 fully saturated rings. The molecule has 3 atom stereocenters. The lowest BCUT2D eigenvalue weighted by atomic mass is 9.82. The minimum absolute atomic E-state index is 0.887. The van der Waals surface area contributed by atoms with Crippen molar-refractivity contribution in [1.29, 1.82) is 0 Å². The molecule has 106 valence electrons. The van der Waals surface area contributed by atoms with Gasteiger partial charge in [0.15, 0.2) is 0 Å². The Bertz CT molecular complexity index is 244. The van der Waals surface area contributed by atoms with Crippen LogP contribution in [0.1, 0.15) is 65.7 Å². The summed E-state index contributed by atoms with van der Waals surface area (Å²) < 4.78 is 0. The number of rotatable bonds is 7. The van der Waals surface area contributed by atoms with Crippen LogP contribution >= 0.6 is 0 Å². The molecule has 0 aromatic heterocycles. The van der Waals surface area contributed by atoms with Gasteiger partial charge in [-0.25, -0.2) is 0 Å². The van der Waals surface area contributed by atoms with Gasteiger partial charge in [0.2, 0.25) is 0 Å². The van der Waals surface area contributed by atoms with Gasteiger partial charge >= 0.3 is 0 Å². The molecule has 0 aliphatic heterocycles. The van der Waals surface area contributed by atoms with Gasteiger partial charge in [-0.3, -0.25) is 0 Å². The molecule has 1 aliphatic rings. The summed E-state index contributed by atoms with van der Waals surface area (Å²) in [5, 5.41) is 3.25. The van der Waals surface area contributed by atoms with E-state index in [-0.39, 0.29) is 0 Å². The zero-order valence-corrected chi connectivity index (χ0v) is 13.0. The average molecular weight is 251 g/mol. The summed E-state index contributed by atoms with van der Waals surface area (Å²) in [7, 11) is 2.05. The Kier molecular flexibility index (Phi) is 7.65. The van der Waals surface area contributed by atoms with Crippen LogP contribution in [0.4, 0.5) is 0 Å². The highest BCUT2D eigenvalue weighted by molar-refractivity contribution is 5.06. The molecule has 3 unspecified atom stereocenters. The second kappa shape index (κ2) is 8.74. The van der Waals surface area contributed by atoms with Crippen molar-refractivity contribution < 1.29 is 0 Å². The van der Waals surface area contributed by atoms with Gasteiger partial charge in [-0.15, -0.1) is 0 Å². The first-order valence-corrected chi connectivity index (χ1v) is 7.99. The smallest absolute Gasteiger partial charge is 0.00489 e. The number of hydrogen-bond acceptors (Lipinski definition) is 1. The molecule has 0 aromatic carbocycles. The summed E-state index contributed by atoms with van der Waals surface area (Å²) >= 11 is 0. The molecule has 1 nitrogen and oxygen atoms in total. The van der Waals surface area contributed by atoms with Gasteiger partial charge in [-0.2, -0.15) is 0 Å². The Morgan fingerprint density at radius 1 is 1.44 bits per heavy atom. The second-order valence-corrected chi connectivity index (χ2v) is 6.38. The van der Waals surface area contributed by atoms with Gasteiger partial charge in [-0.05, 0) is 63.5 Å². The van der Waals surface area contributed by atoms with E-state index in [1.165, 1.54) is 44.9 Å². The highest BCUT2D eigenvalue weighted by Gasteiger charge is 2.22. The van der Waals surface area contributed by atoms with Crippen LogP contribution in [0.2, 0.25) is 0 Å². The van der Waals surface area contributed by atoms with Gasteiger partial charge in [0.25, 0.3) is 0 Å². The minimum atomic E-state index is 0.887. The molecule has 0 amide bonds. The van der Waals surface area contributed by atoms with Crippen molar-refractivity contribution in [2.24, 2.45) is 17.8 Å². The van der Waals surface area contributed by atoms with E-state index in [0.29, 0.717) is 0 Å². The van der Waals surface area contributed by atoms with Crippen molar-refractivity contribution >= 4 is 0 Å². The van der Waals surface area contributed by atoms with E-state index in [2.05, 4.69) is 32.2 Å². The highest BCUT2D eigenvalue weighted by Crippen LogP contribution is 2.34. The first-order valence-electron chi connectivity index (χ1n) is 7.99. The van der Waals surface area contributed by atoms with Crippen molar-refractivity contribution in [3.05, 3.63) is 11.6 Å². The maximum absolute atomic E-state index is 3.25. The second-order valence-electron chi connectivity index (χ2n) is 6.38. The quantitative estimate of drug-likeness (QED) is 0.507. The van der Waals surface area contributed by atoms with Crippen molar-refractivity contribution in [1.82, 2.24) is 5.32 Å². The number of nitrogens with one attached hydrogen (secondary N) is 1. The van der Waals surface area contributed by atoms with E-state index >= 15 is 0 Å². The fourth-order valence-electron chi connectivity index (χ4n) is 3.40. The maximum atomic E-state index is 3.25. The zero-order valence-electron chi connectivity index (χ0n) is 13.0. The van der Waals surface area contributed by atoms with Crippen LogP contribution in [0.25, 0.3) is 0 Å². The molecular weight excluding hydrogens is 218 g/mol. The van der Waals surface area contributed by atoms with Gasteiger partial charge in [-0.1, -0.05) is 45.3 Å². The van der Waals surface area contributed by atoms with Crippen LogP contribution in [0, 0.1) is 17.8 Å². The summed E-state index contributed by atoms with van der Waals surface area (Å²) in [5.41, 5.74) is 1.73. The van der Waals surface area contributed by atoms with Crippen molar-refractivity contribution in [2.45, 2.75) is 65.7 Å². The molecule has 0 aromatic rings. The first kappa shape index (κ1) is 15.8. The molecule has 18 heavy (non-hydrogen) atoms.